The molecule has 0 saturated heterocycles. The molecule has 0 aliphatic rings. The maximum atomic E-state index is 5.98. The number of ether oxygens (including phenoxy) is 1. The molecule has 0 bridgehead atoms. The van der Waals surface area contributed by atoms with E-state index >= 15 is 0 Å². The SMILES string of the molecule is Cc1cc(N)c(Cl)cc1OCc1cccc(Br)c1. The Morgan fingerprint density at radius 2 is 2.06 bits per heavy atom. The van der Waals surface area contributed by atoms with Gasteiger partial charge in [-0.1, -0.05) is 39.7 Å². The number of halogens is 2. The lowest BCUT2D eigenvalue weighted by Crippen LogP contribution is -1.98. The summed E-state index contributed by atoms with van der Waals surface area (Å²) in [6.45, 7) is 2.45. The zero-order valence-corrected chi connectivity index (χ0v) is 12.3. The Morgan fingerprint density at radius 3 is 2.78 bits per heavy atom. The summed E-state index contributed by atoms with van der Waals surface area (Å²) in [6, 6.07) is 11.6. The van der Waals surface area contributed by atoms with Gasteiger partial charge in [-0.15, -0.1) is 0 Å². The van der Waals surface area contributed by atoms with E-state index in [1.54, 1.807) is 6.07 Å². The maximum absolute atomic E-state index is 5.98. The number of hydrogen-bond donors (Lipinski definition) is 1. The number of benzene rings is 2. The molecule has 0 radical (unpaired) electrons. The Morgan fingerprint density at radius 1 is 1.28 bits per heavy atom. The van der Waals surface area contributed by atoms with Crippen molar-refractivity contribution in [3.05, 3.63) is 57.0 Å². The zero-order chi connectivity index (χ0) is 13.1. The van der Waals surface area contributed by atoms with Crippen molar-refractivity contribution in [2.24, 2.45) is 0 Å². The second-order valence-electron chi connectivity index (χ2n) is 4.06. The Bertz CT molecular complexity index is 572. The van der Waals surface area contributed by atoms with Crippen LogP contribution in [0.25, 0.3) is 0 Å². The number of aryl methyl sites for hydroxylation is 1. The molecule has 2 nitrogen and oxygen atoms in total. The van der Waals surface area contributed by atoms with Crippen LogP contribution < -0.4 is 10.5 Å². The second kappa shape index (κ2) is 5.63. The van der Waals surface area contributed by atoms with E-state index in [0.29, 0.717) is 17.3 Å². The Labute approximate surface area is 120 Å². The first-order valence-corrected chi connectivity index (χ1v) is 6.66. The van der Waals surface area contributed by atoms with Gasteiger partial charge in [0.15, 0.2) is 0 Å². The van der Waals surface area contributed by atoms with E-state index in [4.69, 9.17) is 22.1 Å². The van der Waals surface area contributed by atoms with Crippen LogP contribution in [0.3, 0.4) is 0 Å². The van der Waals surface area contributed by atoms with Crippen LogP contribution in [-0.4, -0.2) is 0 Å². The Balaban J connectivity index is 2.13. The Hall–Kier alpha value is -1.19. The molecule has 0 spiro atoms. The van der Waals surface area contributed by atoms with Crippen LogP contribution in [0.2, 0.25) is 5.02 Å². The number of rotatable bonds is 3. The minimum absolute atomic E-state index is 0.501. The van der Waals surface area contributed by atoms with Gasteiger partial charge in [0.25, 0.3) is 0 Å². The first-order chi connectivity index (χ1) is 8.56. The first-order valence-electron chi connectivity index (χ1n) is 5.49. The molecule has 2 N–H and O–H groups in total. The average molecular weight is 327 g/mol. The minimum atomic E-state index is 0.501. The van der Waals surface area contributed by atoms with E-state index < -0.39 is 0 Å². The molecule has 94 valence electrons. The van der Waals surface area contributed by atoms with Crippen LogP contribution in [0.5, 0.6) is 5.75 Å². The molecular formula is C14H13BrClNO. The number of hydrogen-bond acceptors (Lipinski definition) is 2. The van der Waals surface area contributed by atoms with Gasteiger partial charge in [-0.05, 0) is 36.2 Å². The molecule has 0 aliphatic carbocycles. The summed E-state index contributed by atoms with van der Waals surface area (Å²) < 4.78 is 6.79. The molecule has 2 aromatic carbocycles. The third kappa shape index (κ3) is 3.18. The zero-order valence-electron chi connectivity index (χ0n) is 9.91. The molecule has 0 fully saturated rings. The normalized spacial score (nSPS) is 10.4. The van der Waals surface area contributed by atoms with Gasteiger partial charge in [0.1, 0.15) is 12.4 Å². The van der Waals surface area contributed by atoms with Crippen molar-refractivity contribution < 1.29 is 4.74 Å². The minimum Gasteiger partial charge on any atom is -0.489 e. The van der Waals surface area contributed by atoms with Gasteiger partial charge in [0, 0.05) is 10.5 Å². The fourth-order valence-electron chi connectivity index (χ4n) is 1.63. The van der Waals surface area contributed by atoms with Crippen LogP contribution in [0, 0.1) is 6.92 Å². The fraction of sp³-hybridized carbons (Fsp3) is 0.143. The molecule has 0 aliphatic heterocycles. The number of nitrogen functional groups attached to an aromatic ring is 1. The van der Waals surface area contributed by atoms with Crippen molar-refractivity contribution >= 4 is 33.2 Å². The van der Waals surface area contributed by atoms with Crippen LogP contribution in [0.1, 0.15) is 11.1 Å². The molecule has 0 amide bonds. The van der Waals surface area contributed by atoms with Crippen molar-refractivity contribution in [3.63, 3.8) is 0 Å². The molecular weight excluding hydrogens is 314 g/mol. The first kappa shape index (κ1) is 13.2. The highest BCUT2D eigenvalue weighted by Crippen LogP contribution is 2.29. The standard InChI is InChI=1S/C14H13BrClNO/c1-9-5-13(17)12(16)7-14(9)18-8-10-3-2-4-11(15)6-10/h2-7H,8,17H2,1H3. The van der Waals surface area contributed by atoms with Gasteiger partial charge in [-0.2, -0.15) is 0 Å². The average Bonchev–Trinajstić information content (AvgIpc) is 2.32. The van der Waals surface area contributed by atoms with Crippen LogP contribution >= 0.6 is 27.5 Å². The number of nitrogens with two attached hydrogens (primary N) is 1. The lowest BCUT2D eigenvalue weighted by molar-refractivity contribution is 0.304. The van der Waals surface area contributed by atoms with Gasteiger partial charge in [-0.25, -0.2) is 0 Å². The fourth-order valence-corrected chi connectivity index (χ4v) is 2.23. The van der Waals surface area contributed by atoms with E-state index in [1.807, 2.05) is 37.3 Å². The smallest absolute Gasteiger partial charge is 0.124 e. The van der Waals surface area contributed by atoms with Crippen molar-refractivity contribution in [1.82, 2.24) is 0 Å². The van der Waals surface area contributed by atoms with E-state index in [0.717, 1.165) is 21.3 Å². The lowest BCUT2D eigenvalue weighted by atomic mass is 10.2. The molecule has 0 aromatic heterocycles. The van der Waals surface area contributed by atoms with Gasteiger partial charge in [0.2, 0.25) is 0 Å². The van der Waals surface area contributed by atoms with Gasteiger partial charge >= 0.3 is 0 Å². The topological polar surface area (TPSA) is 35.2 Å². The summed E-state index contributed by atoms with van der Waals surface area (Å²) in [4.78, 5) is 0. The van der Waals surface area contributed by atoms with Gasteiger partial charge in [0.05, 0.1) is 10.7 Å². The second-order valence-corrected chi connectivity index (χ2v) is 5.38. The summed E-state index contributed by atoms with van der Waals surface area (Å²) in [5, 5.41) is 0.518. The van der Waals surface area contributed by atoms with Gasteiger partial charge in [-0.3, -0.25) is 0 Å². The van der Waals surface area contributed by atoms with E-state index in [9.17, 15) is 0 Å². The van der Waals surface area contributed by atoms with Crippen LogP contribution in [0.4, 0.5) is 5.69 Å². The van der Waals surface area contributed by atoms with E-state index in [1.165, 1.54) is 0 Å². The summed E-state index contributed by atoms with van der Waals surface area (Å²) in [5.41, 5.74) is 8.37. The molecule has 2 rings (SSSR count). The molecule has 0 heterocycles. The molecule has 0 unspecified atom stereocenters. The summed E-state index contributed by atoms with van der Waals surface area (Å²) >= 11 is 9.41. The summed E-state index contributed by atoms with van der Waals surface area (Å²) in [5.74, 6) is 0.758. The molecule has 2 aromatic rings. The molecule has 18 heavy (non-hydrogen) atoms. The van der Waals surface area contributed by atoms with Crippen molar-refractivity contribution in [3.8, 4) is 5.75 Å². The highest BCUT2D eigenvalue weighted by molar-refractivity contribution is 9.10. The van der Waals surface area contributed by atoms with Gasteiger partial charge < -0.3 is 10.5 Å². The van der Waals surface area contributed by atoms with Crippen molar-refractivity contribution in [2.75, 3.05) is 5.73 Å². The summed E-state index contributed by atoms with van der Waals surface area (Å²) in [6.07, 6.45) is 0. The molecule has 4 heteroatoms. The Kier molecular flexibility index (Phi) is 4.15. The highest BCUT2D eigenvalue weighted by Gasteiger charge is 2.05. The summed E-state index contributed by atoms with van der Waals surface area (Å²) in [7, 11) is 0. The van der Waals surface area contributed by atoms with Crippen molar-refractivity contribution in [1.29, 1.82) is 0 Å². The molecule has 0 saturated carbocycles. The lowest BCUT2D eigenvalue weighted by Gasteiger charge is -2.11. The predicted octanol–water partition coefficient (Wildman–Crippen LogP) is 4.57. The van der Waals surface area contributed by atoms with Crippen molar-refractivity contribution in [2.45, 2.75) is 13.5 Å². The quantitative estimate of drug-likeness (QED) is 0.838. The predicted molar refractivity (Wildman–Crippen MR) is 79.1 cm³/mol. The van der Waals surface area contributed by atoms with Crippen LogP contribution in [-0.2, 0) is 6.61 Å². The third-order valence-corrected chi connectivity index (χ3v) is 3.40. The van der Waals surface area contributed by atoms with Crippen LogP contribution in [0.15, 0.2) is 40.9 Å². The maximum Gasteiger partial charge on any atom is 0.124 e. The third-order valence-electron chi connectivity index (χ3n) is 2.58. The monoisotopic (exact) mass is 325 g/mol. The molecule has 0 atom stereocenters. The number of anilines is 1. The van der Waals surface area contributed by atoms with E-state index in [2.05, 4.69) is 15.9 Å². The largest absolute Gasteiger partial charge is 0.489 e. The highest BCUT2D eigenvalue weighted by atomic mass is 79.9. The van der Waals surface area contributed by atoms with E-state index in [-0.39, 0.29) is 0 Å².